The van der Waals surface area contributed by atoms with E-state index < -0.39 is 17.7 Å². The van der Waals surface area contributed by atoms with Crippen LogP contribution >= 0.6 is 0 Å². The van der Waals surface area contributed by atoms with Gasteiger partial charge in [-0.05, 0) is 147 Å². The highest BCUT2D eigenvalue weighted by Crippen LogP contribution is 2.61. The minimum atomic E-state index is -2.80. The van der Waals surface area contributed by atoms with Crippen LogP contribution in [0, 0.1) is 51.8 Å². The molecule has 0 aromatic carbocycles. The normalized spacial score (nSPS) is 25.6. The summed E-state index contributed by atoms with van der Waals surface area (Å²) in [4.78, 5) is 92.2. The quantitative estimate of drug-likeness (QED) is 0.106. The number of fused-ring (bicyclic) bond motifs is 3. The third-order valence-corrected chi connectivity index (χ3v) is 20.4. The van der Waals surface area contributed by atoms with Crippen LogP contribution < -0.4 is 16.0 Å². The number of furan rings is 3. The summed E-state index contributed by atoms with van der Waals surface area (Å²) in [7, 11) is 0. The SMILES string of the molecule is O=C(NCC1CC12CCN(C(=O)C1CC1(F)F)CC2)c1cc2ccncc2o1.O=C(NCC1CC12CCN(C(=O)C1CCOC1)CC2)c1cc2ccncc2o1.O=C(NCC1CC12CCN(C(=O)C1CCOCC1)CC2)c1cc2ccncc2o1. The second kappa shape index (κ2) is 23.2. The number of nitrogens with zero attached hydrogens (tertiary/aromatic N) is 6. The van der Waals surface area contributed by atoms with Gasteiger partial charge in [0.2, 0.25) is 17.7 Å². The first-order chi connectivity index (χ1) is 41.2. The van der Waals surface area contributed by atoms with Crippen molar-refractivity contribution >= 4 is 68.4 Å². The fraction of sp³-hybridized carbons (Fsp3) is 0.571. The topological polar surface area (TPSA) is 245 Å². The zero-order valence-corrected chi connectivity index (χ0v) is 47.7. The molecule has 11 heterocycles. The highest BCUT2D eigenvalue weighted by atomic mass is 19.3. The number of carbonyl (C=O) groups excluding carboxylic acids is 6. The summed E-state index contributed by atoms with van der Waals surface area (Å²) in [5.74, 6) is -1.83. The molecule has 6 amide bonds. The van der Waals surface area contributed by atoms with Crippen molar-refractivity contribution in [1.29, 1.82) is 0 Å². The average molecular weight is 1170 g/mol. The number of hydrogen-bond donors (Lipinski definition) is 3. The number of halogens is 2. The molecule has 5 saturated heterocycles. The number of nitrogens with one attached hydrogen (secondary N) is 3. The Bertz CT molecular complexity index is 3240. The van der Waals surface area contributed by atoms with E-state index in [0.717, 1.165) is 119 Å². The number of pyridine rings is 3. The molecule has 85 heavy (non-hydrogen) atoms. The van der Waals surface area contributed by atoms with Crippen LogP contribution in [0.2, 0.25) is 0 Å². The molecule has 5 unspecified atom stereocenters. The van der Waals surface area contributed by atoms with Crippen molar-refractivity contribution < 1.29 is 60.3 Å². The Labute approximate surface area is 489 Å². The molecule has 6 aromatic rings. The molecule has 15 rings (SSSR count). The summed E-state index contributed by atoms with van der Waals surface area (Å²) in [6, 6.07) is 10.7. The molecule has 4 saturated carbocycles. The summed E-state index contributed by atoms with van der Waals surface area (Å²) in [5.41, 5.74) is 2.57. The van der Waals surface area contributed by atoms with Gasteiger partial charge in [0.15, 0.2) is 34.0 Å². The maximum atomic E-state index is 13.1. The van der Waals surface area contributed by atoms with Crippen LogP contribution in [0.1, 0.15) is 115 Å². The summed E-state index contributed by atoms with van der Waals surface area (Å²) in [6.45, 7) is 9.00. The molecule has 20 nitrogen and oxygen atoms in total. The van der Waals surface area contributed by atoms with Crippen molar-refractivity contribution in [2.24, 2.45) is 51.8 Å². The van der Waals surface area contributed by atoms with E-state index in [1.165, 1.54) is 0 Å². The maximum absolute atomic E-state index is 13.1. The van der Waals surface area contributed by atoms with Gasteiger partial charge in [-0.2, -0.15) is 0 Å². The third kappa shape index (κ3) is 12.1. The predicted octanol–water partition coefficient (Wildman–Crippen LogP) is 7.68. The molecule has 22 heteroatoms. The lowest BCUT2D eigenvalue weighted by Crippen LogP contribution is -2.44. The Balaban J connectivity index is 0.000000119. The molecule has 0 radical (unpaired) electrons. The fourth-order valence-electron chi connectivity index (χ4n) is 14.3. The summed E-state index contributed by atoms with van der Waals surface area (Å²) in [5, 5.41) is 11.6. The first-order valence-electron chi connectivity index (χ1n) is 30.4. The van der Waals surface area contributed by atoms with E-state index in [9.17, 15) is 37.5 Å². The monoisotopic (exact) mass is 1170 g/mol. The van der Waals surface area contributed by atoms with Gasteiger partial charge < -0.3 is 53.4 Å². The van der Waals surface area contributed by atoms with E-state index in [0.29, 0.717) is 122 Å². The smallest absolute Gasteiger partial charge is 0.287 e. The molecule has 450 valence electrons. The van der Waals surface area contributed by atoms with Gasteiger partial charge in [-0.15, -0.1) is 0 Å². The second-order valence-corrected chi connectivity index (χ2v) is 25.4. The van der Waals surface area contributed by atoms with E-state index in [2.05, 4.69) is 35.8 Å². The van der Waals surface area contributed by atoms with Crippen molar-refractivity contribution in [2.45, 2.75) is 89.4 Å². The molecular weight excluding hydrogens is 1100 g/mol. The van der Waals surface area contributed by atoms with Gasteiger partial charge in [0.25, 0.3) is 23.6 Å². The van der Waals surface area contributed by atoms with Gasteiger partial charge in [-0.25, -0.2) is 8.78 Å². The van der Waals surface area contributed by atoms with Gasteiger partial charge in [0.05, 0.1) is 31.1 Å². The lowest BCUT2D eigenvalue weighted by atomic mass is 9.89. The number of ether oxygens (including phenoxy) is 2. The minimum absolute atomic E-state index is 0.0577. The highest BCUT2D eigenvalue weighted by Gasteiger charge is 2.63. The van der Waals surface area contributed by atoms with E-state index >= 15 is 0 Å². The number of hydrogen-bond acceptors (Lipinski definition) is 14. The van der Waals surface area contributed by atoms with Crippen molar-refractivity contribution in [2.75, 3.05) is 85.3 Å². The molecule has 3 N–H and O–H groups in total. The van der Waals surface area contributed by atoms with Crippen LogP contribution in [0.5, 0.6) is 0 Å². The molecule has 5 aliphatic heterocycles. The van der Waals surface area contributed by atoms with Crippen molar-refractivity contribution in [1.82, 2.24) is 45.6 Å². The largest absolute Gasteiger partial charge is 0.449 e. The molecule has 3 spiro atoms. The number of carbonyl (C=O) groups is 6. The maximum Gasteiger partial charge on any atom is 0.287 e. The third-order valence-electron chi connectivity index (χ3n) is 20.4. The van der Waals surface area contributed by atoms with E-state index in [4.69, 9.17) is 22.7 Å². The number of amides is 6. The first kappa shape index (κ1) is 56.8. The Morgan fingerprint density at radius 3 is 1.16 bits per heavy atom. The molecule has 4 aliphatic carbocycles. The molecule has 0 bridgehead atoms. The number of alkyl halides is 2. The van der Waals surface area contributed by atoms with Gasteiger partial charge in [-0.3, -0.25) is 43.7 Å². The fourth-order valence-corrected chi connectivity index (χ4v) is 14.3. The number of piperidine rings is 3. The van der Waals surface area contributed by atoms with Gasteiger partial charge in [0, 0.05) is 126 Å². The van der Waals surface area contributed by atoms with Crippen LogP contribution in [0.4, 0.5) is 8.78 Å². The van der Waals surface area contributed by atoms with Crippen molar-refractivity contribution in [3.8, 4) is 0 Å². The van der Waals surface area contributed by atoms with Crippen molar-refractivity contribution in [3.63, 3.8) is 0 Å². The molecule has 5 atom stereocenters. The number of likely N-dealkylation sites (tertiary alicyclic amines) is 3. The minimum Gasteiger partial charge on any atom is -0.449 e. The van der Waals surface area contributed by atoms with E-state index in [-0.39, 0.29) is 53.1 Å². The lowest BCUT2D eigenvalue weighted by molar-refractivity contribution is -0.140. The molecule has 9 fully saturated rings. The van der Waals surface area contributed by atoms with Crippen LogP contribution in [-0.4, -0.2) is 156 Å². The molecule has 9 aliphatic rings. The average Bonchev–Trinajstić information content (AvgIpc) is 2.48. The van der Waals surface area contributed by atoms with Gasteiger partial charge in [-0.1, -0.05) is 0 Å². The lowest BCUT2D eigenvalue weighted by Gasteiger charge is -2.36. The van der Waals surface area contributed by atoms with Gasteiger partial charge >= 0.3 is 0 Å². The summed E-state index contributed by atoms with van der Waals surface area (Å²) >= 11 is 0. The standard InChI is InChI=1S/C22H27N3O4.C21H25N3O4.C20H21F2N3O3/c26-20(18-11-16-1-6-23-14-19(16)29-18)24-13-17-12-22(17)4-7-25(8-5-22)21(27)15-2-9-28-10-3-15;25-19(17-9-14-1-5-22-12-18(14)28-17)23-11-16-10-21(16)3-6-24(7-4-21)20(26)15-2-8-27-13-15;21-20(22)9-14(20)18(27)25-5-2-19(3-6-25)8-13(19)10-24-17(26)15-7-12-1-4-23-11-16(12)28-15/h1,6,11,14-15,17H,2-5,7-10,12-13H2,(H,24,26);1,5,9,12,15-16H,2-4,6-8,10-11,13H2,(H,23,25);1,4,7,11,13-14H,2-3,5-6,8-10H2,(H,24,26). The zero-order chi connectivity index (χ0) is 58.5. The number of aromatic nitrogens is 3. The van der Waals surface area contributed by atoms with E-state index in [1.54, 1.807) is 66.3 Å². The van der Waals surface area contributed by atoms with Crippen LogP contribution in [-0.2, 0) is 23.9 Å². The second-order valence-electron chi connectivity index (χ2n) is 25.4. The van der Waals surface area contributed by atoms with Crippen LogP contribution in [0.3, 0.4) is 0 Å². The van der Waals surface area contributed by atoms with E-state index in [1.807, 2.05) is 17.0 Å². The van der Waals surface area contributed by atoms with Gasteiger partial charge in [0.1, 0.15) is 5.92 Å². The Hall–Kier alpha value is -7.33. The predicted molar refractivity (Wildman–Crippen MR) is 304 cm³/mol. The summed E-state index contributed by atoms with van der Waals surface area (Å²) in [6.07, 6.45) is 21.1. The first-order valence-corrected chi connectivity index (χ1v) is 30.4. The Morgan fingerprint density at radius 1 is 0.482 bits per heavy atom. The summed E-state index contributed by atoms with van der Waals surface area (Å²) < 4.78 is 53.6. The molecular formula is C63H73F2N9O11. The number of rotatable bonds is 12. The van der Waals surface area contributed by atoms with Crippen LogP contribution in [0.25, 0.3) is 32.9 Å². The Morgan fingerprint density at radius 2 is 0.824 bits per heavy atom. The van der Waals surface area contributed by atoms with Crippen LogP contribution in [0.15, 0.2) is 86.8 Å². The Kier molecular flexibility index (Phi) is 15.5. The van der Waals surface area contributed by atoms with Crippen molar-refractivity contribution in [3.05, 3.63) is 90.9 Å². The zero-order valence-electron chi connectivity index (χ0n) is 47.7. The molecule has 6 aromatic heterocycles. The highest BCUT2D eigenvalue weighted by molar-refractivity contribution is 5.97.